The Labute approximate surface area is 196 Å². The van der Waals surface area contributed by atoms with E-state index in [1.807, 2.05) is 37.8 Å². The molecule has 7 heteroatoms. The van der Waals surface area contributed by atoms with Crippen molar-refractivity contribution in [3.8, 4) is 0 Å². The fourth-order valence-corrected chi connectivity index (χ4v) is 5.45. The van der Waals surface area contributed by atoms with E-state index in [4.69, 9.17) is 4.74 Å². The average molecular weight is 456 g/mol. The van der Waals surface area contributed by atoms with Crippen molar-refractivity contribution < 1.29 is 19.1 Å². The van der Waals surface area contributed by atoms with Gasteiger partial charge in [-0.1, -0.05) is 12.1 Å². The highest BCUT2D eigenvalue weighted by Gasteiger charge is 2.33. The first-order valence-electron chi connectivity index (χ1n) is 12.4. The minimum absolute atomic E-state index is 0.178. The number of amides is 3. The Kier molecular flexibility index (Phi) is 6.96. The van der Waals surface area contributed by atoms with Gasteiger partial charge in [-0.15, -0.1) is 0 Å². The molecule has 3 saturated heterocycles. The number of imide groups is 1. The molecule has 1 aromatic carbocycles. The summed E-state index contributed by atoms with van der Waals surface area (Å²) in [5.74, 6) is 0.579. The van der Waals surface area contributed by atoms with Gasteiger partial charge in [0.1, 0.15) is 5.60 Å². The SMILES string of the molecule is CC(C)(C)OC(=O)N1CCCC(C2CCN(c3ccc(C4CCC(=O)NC4=O)cc3)CC2)C1. The maximum atomic E-state index is 12.5. The second kappa shape index (κ2) is 9.74. The molecule has 3 aliphatic rings. The Morgan fingerprint density at radius 2 is 1.67 bits per heavy atom. The number of hydrogen-bond acceptors (Lipinski definition) is 5. The van der Waals surface area contributed by atoms with E-state index in [0.29, 0.717) is 24.7 Å². The normalized spacial score (nSPS) is 25.1. The maximum Gasteiger partial charge on any atom is 0.410 e. The highest BCUT2D eigenvalue weighted by Crippen LogP contribution is 2.34. The highest BCUT2D eigenvalue weighted by atomic mass is 16.6. The van der Waals surface area contributed by atoms with Gasteiger partial charge in [-0.25, -0.2) is 4.79 Å². The van der Waals surface area contributed by atoms with Gasteiger partial charge in [-0.2, -0.15) is 0 Å². The average Bonchev–Trinajstić information content (AvgIpc) is 2.78. The largest absolute Gasteiger partial charge is 0.444 e. The minimum Gasteiger partial charge on any atom is -0.444 e. The zero-order chi connectivity index (χ0) is 23.6. The first-order valence-corrected chi connectivity index (χ1v) is 12.4. The Morgan fingerprint density at radius 3 is 2.30 bits per heavy atom. The van der Waals surface area contributed by atoms with Crippen molar-refractivity contribution >= 4 is 23.6 Å². The number of piperidine rings is 3. The zero-order valence-electron chi connectivity index (χ0n) is 20.1. The lowest BCUT2D eigenvalue weighted by Crippen LogP contribution is -2.46. The van der Waals surface area contributed by atoms with Crippen LogP contribution in [0.4, 0.5) is 10.5 Å². The highest BCUT2D eigenvalue weighted by molar-refractivity contribution is 6.00. The van der Waals surface area contributed by atoms with Crippen LogP contribution < -0.4 is 10.2 Å². The number of anilines is 1. The predicted molar refractivity (Wildman–Crippen MR) is 127 cm³/mol. The van der Waals surface area contributed by atoms with Crippen LogP contribution in [0.5, 0.6) is 0 Å². The summed E-state index contributed by atoms with van der Waals surface area (Å²) < 4.78 is 5.59. The summed E-state index contributed by atoms with van der Waals surface area (Å²) in [5, 5.41) is 2.44. The van der Waals surface area contributed by atoms with Crippen molar-refractivity contribution in [3.05, 3.63) is 29.8 Å². The fraction of sp³-hybridized carbons (Fsp3) is 0.654. The number of rotatable bonds is 3. The molecule has 2 unspecified atom stereocenters. The van der Waals surface area contributed by atoms with Gasteiger partial charge in [0.25, 0.3) is 0 Å². The summed E-state index contributed by atoms with van der Waals surface area (Å²) in [6.45, 7) is 9.36. The second-order valence-electron chi connectivity index (χ2n) is 10.7. The van der Waals surface area contributed by atoms with Crippen molar-refractivity contribution in [2.75, 3.05) is 31.1 Å². The molecular weight excluding hydrogens is 418 g/mol. The molecule has 3 amide bonds. The van der Waals surface area contributed by atoms with Crippen LogP contribution in [0.25, 0.3) is 0 Å². The molecule has 1 N–H and O–H groups in total. The van der Waals surface area contributed by atoms with E-state index in [-0.39, 0.29) is 23.8 Å². The van der Waals surface area contributed by atoms with Crippen LogP contribution in [0.3, 0.4) is 0 Å². The summed E-state index contributed by atoms with van der Waals surface area (Å²) >= 11 is 0. The molecule has 3 fully saturated rings. The molecule has 0 aromatic heterocycles. The van der Waals surface area contributed by atoms with Crippen LogP contribution in [-0.4, -0.2) is 54.6 Å². The maximum absolute atomic E-state index is 12.5. The molecule has 3 heterocycles. The van der Waals surface area contributed by atoms with Crippen LogP contribution in [-0.2, 0) is 14.3 Å². The van der Waals surface area contributed by atoms with Gasteiger partial charge >= 0.3 is 6.09 Å². The minimum atomic E-state index is -0.455. The van der Waals surface area contributed by atoms with Gasteiger partial charge in [-0.3, -0.25) is 14.9 Å². The lowest BCUT2D eigenvalue weighted by molar-refractivity contribution is -0.134. The smallest absolute Gasteiger partial charge is 0.410 e. The lowest BCUT2D eigenvalue weighted by Gasteiger charge is -2.41. The van der Waals surface area contributed by atoms with Crippen molar-refractivity contribution in [2.24, 2.45) is 11.8 Å². The number of hydrogen-bond donors (Lipinski definition) is 1. The number of benzene rings is 1. The standard InChI is InChI=1S/C26H37N3O4/c1-26(2,3)33-25(32)29-14-4-5-20(17-29)18-12-15-28(16-13-18)21-8-6-19(7-9-21)22-10-11-23(30)27-24(22)31/h6-9,18,20,22H,4-5,10-17H2,1-3H3,(H,27,30,31). The number of ether oxygens (including phenoxy) is 1. The lowest BCUT2D eigenvalue weighted by atomic mass is 9.79. The van der Waals surface area contributed by atoms with Crippen LogP contribution >= 0.6 is 0 Å². The number of likely N-dealkylation sites (tertiary alicyclic amines) is 1. The zero-order valence-corrected chi connectivity index (χ0v) is 20.1. The molecule has 4 rings (SSSR count). The number of nitrogens with zero attached hydrogens (tertiary/aromatic N) is 2. The predicted octanol–water partition coefficient (Wildman–Crippen LogP) is 4.07. The second-order valence-corrected chi connectivity index (χ2v) is 10.7. The molecule has 33 heavy (non-hydrogen) atoms. The number of nitrogens with one attached hydrogen (secondary N) is 1. The molecule has 180 valence electrons. The number of carbonyl (C=O) groups is 3. The van der Waals surface area contributed by atoms with Gasteiger partial charge in [0, 0.05) is 38.3 Å². The summed E-state index contributed by atoms with van der Waals surface area (Å²) in [7, 11) is 0. The third-order valence-electron chi connectivity index (χ3n) is 7.22. The molecule has 0 saturated carbocycles. The third kappa shape index (κ3) is 5.87. The van der Waals surface area contributed by atoms with Crippen LogP contribution in [0.2, 0.25) is 0 Å². The fourth-order valence-electron chi connectivity index (χ4n) is 5.45. The molecule has 7 nitrogen and oxygen atoms in total. The van der Waals surface area contributed by atoms with Crippen LogP contribution in [0, 0.1) is 11.8 Å². The topological polar surface area (TPSA) is 79.0 Å². The molecule has 0 bridgehead atoms. The van der Waals surface area contributed by atoms with Crippen molar-refractivity contribution in [1.29, 1.82) is 0 Å². The summed E-state index contributed by atoms with van der Waals surface area (Å²) in [4.78, 5) is 40.4. The monoisotopic (exact) mass is 455 g/mol. The van der Waals surface area contributed by atoms with E-state index in [0.717, 1.165) is 51.0 Å². The summed E-state index contributed by atoms with van der Waals surface area (Å²) in [6.07, 6.45) is 5.29. The molecular formula is C26H37N3O4. The Morgan fingerprint density at radius 1 is 0.970 bits per heavy atom. The Bertz CT molecular complexity index is 869. The van der Waals surface area contributed by atoms with Gasteiger partial charge in [0.05, 0.1) is 5.92 Å². The quantitative estimate of drug-likeness (QED) is 0.695. The van der Waals surface area contributed by atoms with Gasteiger partial charge < -0.3 is 14.5 Å². The van der Waals surface area contributed by atoms with Gasteiger partial charge in [-0.05, 0) is 82.4 Å². The van der Waals surface area contributed by atoms with E-state index >= 15 is 0 Å². The van der Waals surface area contributed by atoms with Crippen molar-refractivity contribution in [2.45, 2.75) is 70.8 Å². The van der Waals surface area contributed by atoms with E-state index in [1.54, 1.807) is 0 Å². The van der Waals surface area contributed by atoms with Crippen LogP contribution in [0.1, 0.15) is 70.8 Å². The van der Waals surface area contributed by atoms with Gasteiger partial charge in [0.15, 0.2) is 0 Å². The molecule has 2 atom stereocenters. The number of carbonyl (C=O) groups excluding carboxylic acids is 3. The van der Waals surface area contributed by atoms with E-state index in [9.17, 15) is 14.4 Å². The van der Waals surface area contributed by atoms with E-state index in [1.165, 1.54) is 12.1 Å². The third-order valence-corrected chi connectivity index (χ3v) is 7.22. The van der Waals surface area contributed by atoms with Crippen LogP contribution in [0.15, 0.2) is 24.3 Å². The van der Waals surface area contributed by atoms with Crippen molar-refractivity contribution in [3.63, 3.8) is 0 Å². The summed E-state index contributed by atoms with van der Waals surface area (Å²) in [5.41, 5.74) is 1.70. The molecule has 3 aliphatic heterocycles. The molecule has 1 aromatic rings. The van der Waals surface area contributed by atoms with Gasteiger partial charge in [0.2, 0.25) is 11.8 Å². The first-order chi connectivity index (χ1) is 15.7. The van der Waals surface area contributed by atoms with E-state index in [2.05, 4.69) is 22.3 Å². The Hall–Kier alpha value is -2.57. The molecule has 0 aliphatic carbocycles. The van der Waals surface area contributed by atoms with Crippen molar-refractivity contribution in [1.82, 2.24) is 10.2 Å². The molecule has 0 radical (unpaired) electrons. The van der Waals surface area contributed by atoms with E-state index < -0.39 is 5.60 Å². The summed E-state index contributed by atoms with van der Waals surface area (Å²) in [6, 6.07) is 8.26. The first kappa shape index (κ1) is 23.6. The molecule has 0 spiro atoms. The Balaban J connectivity index is 1.29.